The monoisotopic (exact) mass is 248 g/mol. The van der Waals surface area contributed by atoms with Crippen LogP contribution in [-0.2, 0) is 4.74 Å². The van der Waals surface area contributed by atoms with Crippen LogP contribution in [0.3, 0.4) is 0 Å². The van der Waals surface area contributed by atoms with Gasteiger partial charge in [0.25, 0.3) is 0 Å². The summed E-state index contributed by atoms with van der Waals surface area (Å²) in [5.41, 5.74) is 0.358. The van der Waals surface area contributed by atoms with Gasteiger partial charge in [0.2, 0.25) is 0 Å². The Balaban J connectivity index is 1.69. The molecule has 1 saturated heterocycles. The molecule has 1 amide bonds. The second-order valence-corrected chi connectivity index (χ2v) is 6.78. The van der Waals surface area contributed by atoms with E-state index in [4.69, 9.17) is 10.00 Å². The number of carbonyl (C=O) groups excluding carboxylic acids is 1. The fraction of sp³-hybridized carbons (Fsp3) is 0.857. The minimum Gasteiger partial charge on any atom is -0.445 e. The summed E-state index contributed by atoms with van der Waals surface area (Å²) in [4.78, 5) is 13.4. The van der Waals surface area contributed by atoms with Crippen molar-refractivity contribution >= 4 is 6.09 Å². The zero-order valence-electron chi connectivity index (χ0n) is 11.3. The van der Waals surface area contributed by atoms with E-state index in [0.29, 0.717) is 12.5 Å². The van der Waals surface area contributed by atoms with Gasteiger partial charge >= 0.3 is 6.09 Å². The van der Waals surface area contributed by atoms with Crippen LogP contribution < -0.4 is 0 Å². The average Bonchev–Trinajstić information content (AvgIpc) is 3.03. The van der Waals surface area contributed by atoms with Gasteiger partial charge in [0.1, 0.15) is 12.1 Å². The first-order valence-electron chi connectivity index (χ1n) is 6.77. The molecule has 0 aromatic rings. The summed E-state index contributed by atoms with van der Waals surface area (Å²) in [7, 11) is 0. The van der Waals surface area contributed by atoms with E-state index in [9.17, 15) is 4.79 Å². The Bertz CT molecular complexity index is 440. The van der Waals surface area contributed by atoms with Crippen molar-refractivity contribution in [2.24, 2.45) is 16.7 Å². The van der Waals surface area contributed by atoms with E-state index in [-0.39, 0.29) is 29.1 Å². The third-order valence-corrected chi connectivity index (χ3v) is 5.95. The lowest BCUT2D eigenvalue weighted by Crippen LogP contribution is -2.39. The Morgan fingerprint density at radius 1 is 1.44 bits per heavy atom. The molecule has 1 heterocycles. The second-order valence-electron chi connectivity index (χ2n) is 6.78. The quantitative estimate of drug-likeness (QED) is 0.670. The minimum atomic E-state index is -0.295. The number of ether oxygens (including phenoxy) is 1. The van der Waals surface area contributed by atoms with Crippen LogP contribution >= 0.6 is 0 Å². The summed E-state index contributed by atoms with van der Waals surface area (Å²) in [6, 6.07) is 1.83. The summed E-state index contributed by atoms with van der Waals surface area (Å²) in [5.74, 6) is 0.668. The smallest absolute Gasteiger partial charge is 0.411 e. The molecule has 4 atom stereocenters. The van der Waals surface area contributed by atoms with E-state index in [1.807, 2.05) is 0 Å². The second kappa shape index (κ2) is 3.40. The average molecular weight is 248 g/mol. The van der Waals surface area contributed by atoms with Gasteiger partial charge in [-0.1, -0.05) is 20.8 Å². The first-order valence-corrected chi connectivity index (χ1v) is 6.77. The normalized spacial score (nSPS) is 43.7. The van der Waals surface area contributed by atoms with Crippen molar-refractivity contribution in [3.8, 4) is 6.07 Å². The molecule has 3 rings (SSSR count). The van der Waals surface area contributed by atoms with Gasteiger partial charge in [-0.3, -0.25) is 4.90 Å². The lowest BCUT2D eigenvalue weighted by molar-refractivity contribution is -0.0102. The molecule has 2 aliphatic carbocycles. The molecule has 3 aliphatic rings. The standard InChI is InChI=1S/C14H20N2O2/c1-13(2)9-4-5-14(13,3)11(6-9)18-12(17)16-8-10(16)7-15/h9-11H,4-6,8H2,1-3H3. The van der Waals surface area contributed by atoms with Crippen molar-refractivity contribution in [1.82, 2.24) is 4.90 Å². The summed E-state index contributed by atoms with van der Waals surface area (Å²) in [5, 5.41) is 8.73. The van der Waals surface area contributed by atoms with E-state index in [0.717, 1.165) is 12.8 Å². The van der Waals surface area contributed by atoms with Gasteiger partial charge in [-0.15, -0.1) is 0 Å². The number of hydrogen-bond donors (Lipinski definition) is 0. The Kier molecular flexibility index (Phi) is 2.24. The topological polar surface area (TPSA) is 53.1 Å². The molecule has 2 saturated carbocycles. The zero-order valence-corrected chi connectivity index (χ0v) is 11.3. The molecule has 18 heavy (non-hydrogen) atoms. The van der Waals surface area contributed by atoms with E-state index in [1.54, 1.807) is 0 Å². The number of nitriles is 1. The van der Waals surface area contributed by atoms with Crippen LogP contribution in [0.15, 0.2) is 0 Å². The highest BCUT2D eigenvalue weighted by Gasteiger charge is 2.63. The number of carbonyl (C=O) groups is 1. The predicted molar refractivity (Wildman–Crippen MR) is 65.6 cm³/mol. The van der Waals surface area contributed by atoms with E-state index in [1.165, 1.54) is 11.3 Å². The van der Waals surface area contributed by atoms with E-state index in [2.05, 4.69) is 26.8 Å². The Labute approximate surface area is 108 Å². The molecular weight excluding hydrogens is 228 g/mol. The number of hydrogen-bond acceptors (Lipinski definition) is 3. The van der Waals surface area contributed by atoms with Crippen molar-refractivity contribution in [3.05, 3.63) is 0 Å². The maximum absolute atomic E-state index is 11.9. The third-order valence-electron chi connectivity index (χ3n) is 5.95. The van der Waals surface area contributed by atoms with Gasteiger partial charge in [-0.25, -0.2) is 4.79 Å². The highest BCUT2D eigenvalue weighted by molar-refractivity contribution is 5.72. The van der Waals surface area contributed by atoms with Gasteiger partial charge < -0.3 is 4.74 Å². The third kappa shape index (κ3) is 1.33. The zero-order chi connectivity index (χ0) is 13.1. The highest BCUT2D eigenvalue weighted by Crippen LogP contribution is 2.66. The number of nitrogens with zero attached hydrogens (tertiary/aromatic N) is 2. The van der Waals surface area contributed by atoms with Crippen molar-refractivity contribution < 1.29 is 9.53 Å². The Hall–Kier alpha value is -1.24. The lowest BCUT2D eigenvalue weighted by atomic mass is 9.70. The Morgan fingerprint density at radius 3 is 2.61 bits per heavy atom. The van der Waals surface area contributed by atoms with Crippen LogP contribution in [0.1, 0.15) is 40.0 Å². The molecular formula is C14H20N2O2. The largest absolute Gasteiger partial charge is 0.445 e. The van der Waals surface area contributed by atoms with Crippen LogP contribution in [-0.4, -0.2) is 29.7 Å². The number of fused-ring (bicyclic) bond motifs is 2. The summed E-state index contributed by atoms with van der Waals surface area (Å²) >= 11 is 0. The summed E-state index contributed by atoms with van der Waals surface area (Å²) in [6.45, 7) is 7.38. The van der Waals surface area contributed by atoms with Crippen LogP contribution in [0.4, 0.5) is 4.79 Å². The molecule has 0 spiro atoms. The molecule has 0 radical (unpaired) electrons. The fourth-order valence-corrected chi connectivity index (χ4v) is 3.95. The van der Waals surface area contributed by atoms with Crippen LogP contribution in [0.25, 0.3) is 0 Å². The van der Waals surface area contributed by atoms with Crippen LogP contribution in [0.2, 0.25) is 0 Å². The predicted octanol–water partition coefficient (Wildman–Crippen LogP) is 2.55. The Morgan fingerprint density at radius 2 is 2.17 bits per heavy atom. The van der Waals surface area contributed by atoms with Crippen molar-refractivity contribution in [3.63, 3.8) is 0 Å². The van der Waals surface area contributed by atoms with Crippen LogP contribution in [0.5, 0.6) is 0 Å². The lowest BCUT2D eigenvalue weighted by Gasteiger charge is -2.38. The highest BCUT2D eigenvalue weighted by atomic mass is 16.6. The van der Waals surface area contributed by atoms with Crippen molar-refractivity contribution in [2.75, 3.05) is 6.54 Å². The molecule has 4 unspecified atom stereocenters. The van der Waals surface area contributed by atoms with Gasteiger partial charge in [0, 0.05) is 5.41 Å². The van der Waals surface area contributed by atoms with Gasteiger partial charge in [0.05, 0.1) is 12.6 Å². The maximum Gasteiger partial charge on any atom is 0.411 e. The van der Waals surface area contributed by atoms with Gasteiger partial charge in [0.15, 0.2) is 0 Å². The SMILES string of the molecule is CC1(C)C2CCC1(C)C(OC(=O)N1CC1C#N)C2. The minimum absolute atomic E-state index is 0.0266. The maximum atomic E-state index is 11.9. The van der Waals surface area contributed by atoms with E-state index < -0.39 is 0 Å². The van der Waals surface area contributed by atoms with Gasteiger partial charge in [-0.05, 0) is 30.6 Å². The summed E-state index contributed by atoms with van der Waals surface area (Å²) in [6.07, 6.45) is 3.11. The number of amides is 1. The molecule has 4 nitrogen and oxygen atoms in total. The van der Waals surface area contributed by atoms with Crippen LogP contribution in [0, 0.1) is 28.1 Å². The first kappa shape index (κ1) is 11.8. The summed E-state index contributed by atoms with van der Waals surface area (Å²) < 4.78 is 5.68. The van der Waals surface area contributed by atoms with Gasteiger partial charge in [-0.2, -0.15) is 5.26 Å². The van der Waals surface area contributed by atoms with Crippen molar-refractivity contribution in [2.45, 2.75) is 52.2 Å². The molecule has 98 valence electrons. The molecule has 1 aliphatic heterocycles. The molecule has 0 aromatic carbocycles. The van der Waals surface area contributed by atoms with Crippen molar-refractivity contribution in [1.29, 1.82) is 5.26 Å². The molecule has 3 fully saturated rings. The van der Waals surface area contributed by atoms with E-state index >= 15 is 0 Å². The molecule has 4 heteroatoms. The molecule has 0 aromatic heterocycles. The molecule has 2 bridgehead atoms. The number of rotatable bonds is 1. The fourth-order valence-electron chi connectivity index (χ4n) is 3.95. The first-order chi connectivity index (χ1) is 8.40. The molecule has 0 N–H and O–H groups in total.